The van der Waals surface area contributed by atoms with Gasteiger partial charge in [0.2, 0.25) is 0 Å². The number of hydrogen-bond acceptors (Lipinski definition) is 2. The summed E-state index contributed by atoms with van der Waals surface area (Å²) in [6.45, 7) is 8.31. The van der Waals surface area contributed by atoms with E-state index >= 15 is 0 Å². The second kappa shape index (κ2) is 3.75. The summed E-state index contributed by atoms with van der Waals surface area (Å²) in [6, 6.07) is 0. The minimum Gasteiger partial charge on any atom is -0.303 e. The van der Waals surface area contributed by atoms with Gasteiger partial charge in [0, 0.05) is 25.2 Å². The van der Waals surface area contributed by atoms with Crippen molar-refractivity contribution in [3.63, 3.8) is 0 Å². The molecule has 2 heteroatoms. The molecule has 0 spiro atoms. The molecule has 0 N–H and O–H groups in total. The Balaban J connectivity index is 2.57. The van der Waals surface area contributed by atoms with Crippen LogP contribution in [0.25, 0.3) is 0 Å². The third-order valence-corrected chi connectivity index (χ3v) is 3.14. The van der Waals surface area contributed by atoms with Crippen LogP contribution in [0, 0.1) is 0 Å². The molecule has 0 aliphatic carbocycles. The zero-order chi connectivity index (χ0) is 9.19. The zero-order valence-electron chi connectivity index (χ0n) is 8.93. The van der Waals surface area contributed by atoms with Gasteiger partial charge in [-0.2, -0.15) is 0 Å². The standard InChI is InChI=1S/C10H22N2/c1-5-6-10(2)9-11(3)7-8-12(10)4/h5-9H2,1-4H3. The van der Waals surface area contributed by atoms with E-state index < -0.39 is 0 Å². The zero-order valence-corrected chi connectivity index (χ0v) is 8.93. The van der Waals surface area contributed by atoms with Gasteiger partial charge in [-0.05, 0) is 27.4 Å². The first-order chi connectivity index (χ1) is 5.58. The van der Waals surface area contributed by atoms with Crippen molar-refractivity contribution in [2.45, 2.75) is 32.2 Å². The molecule has 0 bridgehead atoms. The number of likely N-dealkylation sites (N-methyl/N-ethyl adjacent to an activating group) is 2. The first-order valence-electron chi connectivity index (χ1n) is 4.98. The van der Waals surface area contributed by atoms with Crippen molar-refractivity contribution in [2.75, 3.05) is 33.7 Å². The van der Waals surface area contributed by atoms with E-state index in [2.05, 4.69) is 37.7 Å². The van der Waals surface area contributed by atoms with Crippen molar-refractivity contribution in [2.24, 2.45) is 0 Å². The molecule has 1 unspecified atom stereocenters. The average molecular weight is 170 g/mol. The van der Waals surface area contributed by atoms with Gasteiger partial charge in [-0.15, -0.1) is 0 Å². The quantitative estimate of drug-likeness (QED) is 0.618. The molecule has 12 heavy (non-hydrogen) atoms. The SMILES string of the molecule is CCCC1(C)CN(C)CCN1C. The molecular formula is C10H22N2. The van der Waals surface area contributed by atoms with E-state index in [0.29, 0.717) is 5.54 Å². The third kappa shape index (κ3) is 1.99. The smallest absolute Gasteiger partial charge is 0.0305 e. The lowest BCUT2D eigenvalue weighted by atomic mass is 9.92. The van der Waals surface area contributed by atoms with Crippen LogP contribution < -0.4 is 0 Å². The predicted octanol–water partition coefficient (Wildman–Crippen LogP) is 1.42. The van der Waals surface area contributed by atoms with Crippen molar-refractivity contribution < 1.29 is 0 Å². The van der Waals surface area contributed by atoms with Crippen LogP contribution in [0.15, 0.2) is 0 Å². The minimum absolute atomic E-state index is 0.418. The van der Waals surface area contributed by atoms with Gasteiger partial charge in [0.1, 0.15) is 0 Å². The molecule has 0 aromatic rings. The van der Waals surface area contributed by atoms with Gasteiger partial charge >= 0.3 is 0 Å². The van der Waals surface area contributed by atoms with Crippen LogP contribution in [-0.4, -0.2) is 49.1 Å². The summed E-state index contributed by atoms with van der Waals surface area (Å²) in [4.78, 5) is 4.95. The fourth-order valence-electron chi connectivity index (χ4n) is 2.18. The van der Waals surface area contributed by atoms with Crippen molar-refractivity contribution in [1.82, 2.24) is 9.80 Å². The molecule has 1 saturated heterocycles. The van der Waals surface area contributed by atoms with Gasteiger partial charge in [0.25, 0.3) is 0 Å². The molecule has 1 rings (SSSR count). The van der Waals surface area contributed by atoms with Crippen LogP contribution in [0.1, 0.15) is 26.7 Å². The Bertz CT molecular complexity index is 147. The summed E-state index contributed by atoms with van der Waals surface area (Å²) in [7, 11) is 4.48. The van der Waals surface area contributed by atoms with Crippen LogP contribution in [-0.2, 0) is 0 Å². The highest BCUT2D eigenvalue weighted by Gasteiger charge is 2.32. The first kappa shape index (κ1) is 10.0. The van der Waals surface area contributed by atoms with Gasteiger partial charge in [0.05, 0.1) is 0 Å². The Morgan fingerprint density at radius 1 is 1.25 bits per heavy atom. The number of nitrogens with zero attached hydrogens (tertiary/aromatic N) is 2. The fraction of sp³-hybridized carbons (Fsp3) is 1.00. The van der Waals surface area contributed by atoms with Gasteiger partial charge in [0.15, 0.2) is 0 Å². The van der Waals surface area contributed by atoms with E-state index in [1.807, 2.05) is 0 Å². The molecule has 1 aliphatic heterocycles. The highest BCUT2D eigenvalue weighted by Crippen LogP contribution is 2.23. The topological polar surface area (TPSA) is 6.48 Å². The molecule has 0 aromatic carbocycles. The number of hydrogen-bond donors (Lipinski definition) is 0. The molecule has 1 heterocycles. The van der Waals surface area contributed by atoms with Gasteiger partial charge < -0.3 is 4.90 Å². The molecule has 2 nitrogen and oxygen atoms in total. The maximum absolute atomic E-state index is 2.51. The maximum atomic E-state index is 2.51. The van der Waals surface area contributed by atoms with Crippen LogP contribution in [0.4, 0.5) is 0 Å². The summed E-state index contributed by atoms with van der Waals surface area (Å²) >= 11 is 0. The van der Waals surface area contributed by atoms with Crippen LogP contribution in [0.3, 0.4) is 0 Å². The Morgan fingerprint density at radius 2 is 1.92 bits per heavy atom. The summed E-state index contributed by atoms with van der Waals surface area (Å²) in [6.07, 6.45) is 2.60. The average Bonchev–Trinajstić information content (AvgIpc) is 1.98. The monoisotopic (exact) mass is 170 g/mol. The van der Waals surface area contributed by atoms with E-state index in [-0.39, 0.29) is 0 Å². The molecular weight excluding hydrogens is 148 g/mol. The third-order valence-electron chi connectivity index (χ3n) is 3.14. The van der Waals surface area contributed by atoms with E-state index in [1.165, 1.54) is 32.5 Å². The number of piperazine rings is 1. The summed E-state index contributed by atoms with van der Waals surface area (Å²) in [5.74, 6) is 0. The van der Waals surface area contributed by atoms with Crippen LogP contribution in [0.2, 0.25) is 0 Å². The molecule has 1 aliphatic rings. The molecule has 0 radical (unpaired) electrons. The van der Waals surface area contributed by atoms with Crippen molar-refractivity contribution in [3.8, 4) is 0 Å². The van der Waals surface area contributed by atoms with E-state index in [9.17, 15) is 0 Å². The highest BCUT2D eigenvalue weighted by atomic mass is 15.3. The molecule has 0 amide bonds. The lowest BCUT2D eigenvalue weighted by molar-refractivity contribution is 0.0337. The van der Waals surface area contributed by atoms with Crippen molar-refractivity contribution in [3.05, 3.63) is 0 Å². The Hall–Kier alpha value is -0.0800. The van der Waals surface area contributed by atoms with E-state index in [1.54, 1.807) is 0 Å². The van der Waals surface area contributed by atoms with Gasteiger partial charge in [-0.1, -0.05) is 13.3 Å². The maximum Gasteiger partial charge on any atom is 0.0305 e. The number of rotatable bonds is 2. The van der Waals surface area contributed by atoms with Crippen molar-refractivity contribution in [1.29, 1.82) is 0 Å². The Morgan fingerprint density at radius 3 is 2.50 bits per heavy atom. The molecule has 1 fully saturated rings. The first-order valence-corrected chi connectivity index (χ1v) is 4.98. The fourth-order valence-corrected chi connectivity index (χ4v) is 2.18. The van der Waals surface area contributed by atoms with Crippen LogP contribution in [0.5, 0.6) is 0 Å². The van der Waals surface area contributed by atoms with Gasteiger partial charge in [-0.3, -0.25) is 4.90 Å². The predicted molar refractivity (Wildman–Crippen MR) is 53.4 cm³/mol. The highest BCUT2D eigenvalue weighted by molar-refractivity contribution is 4.90. The largest absolute Gasteiger partial charge is 0.303 e. The van der Waals surface area contributed by atoms with Gasteiger partial charge in [-0.25, -0.2) is 0 Å². The van der Waals surface area contributed by atoms with Crippen LogP contribution >= 0.6 is 0 Å². The summed E-state index contributed by atoms with van der Waals surface area (Å²) in [5.41, 5.74) is 0.418. The van der Waals surface area contributed by atoms with E-state index in [4.69, 9.17) is 0 Å². The lowest BCUT2D eigenvalue weighted by Crippen LogP contribution is -2.58. The normalized spacial score (nSPS) is 34.0. The minimum atomic E-state index is 0.418. The second-order valence-electron chi connectivity index (χ2n) is 4.41. The molecule has 0 saturated carbocycles. The van der Waals surface area contributed by atoms with E-state index in [0.717, 1.165) is 0 Å². The Kier molecular flexibility index (Phi) is 3.13. The molecule has 1 atom stereocenters. The summed E-state index contributed by atoms with van der Waals surface area (Å²) in [5, 5.41) is 0. The summed E-state index contributed by atoms with van der Waals surface area (Å²) < 4.78 is 0. The lowest BCUT2D eigenvalue weighted by Gasteiger charge is -2.46. The van der Waals surface area contributed by atoms with Crippen molar-refractivity contribution >= 4 is 0 Å². The molecule has 72 valence electrons. The second-order valence-corrected chi connectivity index (χ2v) is 4.41. The Labute approximate surface area is 76.5 Å². The molecule has 0 aromatic heterocycles.